The third-order valence-electron chi connectivity index (χ3n) is 3.50. The lowest BCUT2D eigenvalue weighted by Gasteiger charge is -2.09. The van der Waals surface area contributed by atoms with Gasteiger partial charge in [-0.05, 0) is 36.4 Å². The summed E-state index contributed by atoms with van der Waals surface area (Å²) in [5.74, 6) is -1.80. The fraction of sp³-hybridized carbons (Fsp3) is 0.200. The number of nitrogens with one attached hydrogen (secondary N) is 2. The molecule has 0 aliphatic carbocycles. The molecule has 2 aromatic carbocycles. The van der Waals surface area contributed by atoms with Crippen LogP contribution in [0.15, 0.2) is 54.6 Å². The molecule has 0 spiro atoms. The molecule has 2 aromatic rings. The van der Waals surface area contributed by atoms with E-state index in [4.69, 9.17) is 9.47 Å². The fourth-order valence-electron chi connectivity index (χ4n) is 2.09. The number of esters is 2. The third-order valence-corrected chi connectivity index (χ3v) is 3.50. The quantitative estimate of drug-likeness (QED) is 0.606. The van der Waals surface area contributed by atoms with E-state index in [-0.39, 0.29) is 6.61 Å². The Morgan fingerprint density at radius 3 is 2.21 bits per heavy atom. The van der Waals surface area contributed by atoms with Gasteiger partial charge in [0.05, 0.1) is 12.7 Å². The predicted molar refractivity (Wildman–Crippen MR) is 102 cm³/mol. The number of anilines is 1. The van der Waals surface area contributed by atoms with Crippen LogP contribution in [-0.4, -0.2) is 50.6 Å². The second-order valence-electron chi connectivity index (χ2n) is 5.66. The van der Waals surface area contributed by atoms with Crippen LogP contribution in [0.2, 0.25) is 0 Å². The molecule has 0 bridgehead atoms. The summed E-state index contributed by atoms with van der Waals surface area (Å²) in [6.45, 7) is -1.16. The van der Waals surface area contributed by atoms with E-state index < -0.39 is 36.9 Å². The maximum Gasteiger partial charge on any atom is 0.337 e. The van der Waals surface area contributed by atoms with Gasteiger partial charge in [-0.1, -0.05) is 18.2 Å². The highest BCUT2D eigenvalue weighted by molar-refractivity contribution is 5.94. The Kier molecular flexibility index (Phi) is 8.18. The molecular weight excluding hydrogens is 380 g/mol. The second-order valence-corrected chi connectivity index (χ2v) is 5.66. The van der Waals surface area contributed by atoms with E-state index in [1.165, 1.54) is 31.4 Å². The molecule has 0 saturated carbocycles. The van der Waals surface area contributed by atoms with E-state index >= 15 is 0 Å². The van der Waals surface area contributed by atoms with Gasteiger partial charge < -0.3 is 24.8 Å². The lowest BCUT2D eigenvalue weighted by molar-refractivity contribution is -0.147. The van der Waals surface area contributed by atoms with Crippen molar-refractivity contribution in [3.05, 3.63) is 60.2 Å². The number of carbonyl (C=O) groups is 4. The zero-order chi connectivity index (χ0) is 21.1. The van der Waals surface area contributed by atoms with Crippen LogP contribution in [0.25, 0.3) is 0 Å². The Labute approximate surface area is 166 Å². The first-order chi connectivity index (χ1) is 14.0. The van der Waals surface area contributed by atoms with Crippen molar-refractivity contribution < 1.29 is 33.4 Å². The van der Waals surface area contributed by atoms with E-state index in [9.17, 15) is 19.2 Å². The normalized spacial score (nSPS) is 9.83. The van der Waals surface area contributed by atoms with Crippen molar-refractivity contribution in [3.63, 3.8) is 0 Å². The number of hydrogen-bond donors (Lipinski definition) is 2. The highest BCUT2D eigenvalue weighted by atomic mass is 16.5. The van der Waals surface area contributed by atoms with Crippen molar-refractivity contribution >= 4 is 29.4 Å². The van der Waals surface area contributed by atoms with E-state index in [0.717, 1.165) is 0 Å². The summed E-state index contributed by atoms with van der Waals surface area (Å²) in [4.78, 5) is 46.4. The summed E-state index contributed by atoms with van der Waals surface area (Å²) >= 11 is 0. The van der Waals surface area contributed by atoms with Crippen molar-refractivity contribution in [2.75, 3.05) is 32.2 Å². The molecule has 2 N–H and O–H groups in total. The monoisotopic (exact) mass is 400 g/mol. The first kappa shape index (κ1) is 21.4. The number of para-hydroxylation sites is 1. The minimum Gasteiger partial charge on any atom is -0.484 e. The standard InChI is InChI=1S/C20H20N2O7/c1-27-20(26)14-7-9-15(10-8-14)22-18(24)13-29-19(25)11-21-17(23)12-28-16-5-3-2-4-6-16/h2-10H,11-13H2,1H3,(H,21,23)(H,22,24). The summed E-state index contributed by atoms with van der Waals surface area (Å²) in [5, 5.41) is 4.84. The van der Waals surface area contributed by atoms with Crippen LogP contribution >= 0.6 is 0 Å². The van der Waals surface area contributed by atoms with Gasteiger partial charge in [-0.3, -0.25) is 14.4 Å². The Hall–Kier alpha value is -3.88. The van der Waals surface area contributed by atoms with Crippen molar-refractivity contribution in [2.45, 2.75) is 0 Å². The van der Waals surface area contributed by atoms with Crippen LogP contribution in [0.1, 0.15) is 10.4 Å². The number of benzene rings is 2. The highest BCUT2D eigenvalue weighted by Crippen LogP contribution is 2.10. The van der Waals surface area contributed by atoms with Gasteiger partial charge >= 0.3 is 11.9 Å². The molecule has 0 unspecified atom stereocenters. The van der Waals surface area contributed by atoms with Gasteiger partial charge in [-0.25, -0.2) is 4.79 Å². The SMILES string of the molecule is COC(=O)c1ccc(NC(=O)COC(=O)CNC(=O)COc2ccccc2)cc1. The minimum atomic E-state index is -0.769. The lowest BCUT2D eigenvalue weighted by Crippen LogP contribution is -2.35. The largest absolute Gasteiger partial charge is 0.484 e. The molecule has 0 aliphatic rings. The second kappa shape index (κ2) is 11.1. The molecule has 0 radical (unpaired) electrons. The van der Waals surface area contributed by atoms with Crippen LogP contribution in [0, 0.1) is 0 Å². The summed E-state index contributed by atoms with van der Waals surface area (Å²) < 4.78 is 14.6. The molecule has 2 amide bonds. The van der Waals surface area contributed by atoms with Gasteiger partial charge in [0.2, 0.25) is 0 Å². The predicted octanol–water partition coefficient (Wildman–Crippen LogP) is 1.15. The Morgan fingerprint density at radius 2 is 1.55 bits per heavy atom. The number of amides is 2. The molecule has 0 aliphatic heterocycles. The van der Waals surface area contributed by atoms with E-state index in [2.05, 4.69) is 15.4 Å². The van der Waals surface area contributed by atoms with Gasteiger partial charge in [0.25, 0.3) is 11.8 Å². The van der Waals surface area contributed by atoms with Gasteiger partial charge in [0, 0.05) is 5.69 Å². The third kappa shape index (κ3) is 7.71. The lowest BCUT2D eigenvalue weighted by atomic mass is 10.2. The van der Waals surface area contributed by atoms with Crippen molar-refractivity contribution in [2.24, 2.45) is 0 Å². The number of methoxy groups -OCH3 is 1. The molecule has 152 valence electrons. The van der Waals surface area contributed by atoms with Crippen molar-refractivity contribution in [1.29, 1.82) is 0 Å². The minimum absolute atomic E-state index is 0.251. The molecule has 0 heterocycles. The maximum atomic E-state index is 11.8. The van der Waals surface area contributed by atoms with Gasteiger partial charge in [-0.2, -0.15) is 0 Å². The average molecular weight is 400 g/mol. The molecule has 29 heavy (non-hydrogen) atoms. The van der Waals surface area contributed by atoms with Crippen LogP contribution in [0.4, 0.5) is 5.69 Å². The highest BCUT2D eigenvalue weighted by Gasteiger charge is 2.11. The zero-order valence-electron chi connectivity index (χ0n) is 15.7. The maximum absolute atomic E-state index is 11.8. The summed E-state index contributed by atoms with van der Waals surface area (Å²) in [7, 11) is 1.27. The topological polar surface area (TPSA) is 120 Å². The first-order valence-electron chi connectivity index (χ1n) is 8.56. The van der Waals surface area contributed by atoms with Crippen molar-refractivity contribution in [1.82, 2.24) is 5.32 Å². The van der Waals surface area contributed by atoms with Crippen LogP contribution in [0.3, 0.4) is 0 Å². The van der Waals surface area contributed by atoms with Crippen LogP contribution in [-0.2, 0) is 23.9 Å². The molecular formula is C20H20N2O7. The summed E-state index contributed by atoms with van der Waals surface area (Å²) in [5.41, 5.74) is 0.758. The van der Waals surface area contributed by atoms with Crippen LogP contribution in [0.5, 0.6) is 5.75 Å². The summed E-state index contributed by atoms with van der Waals surface area (Å²) in [6.07, 6.45) is 0. The number of rotatable bonds is 9. The molecule has 0 aromatic heterocycles. The molecule has 0 atom stereocenters. The number of hydrogen-bond acceptors (Lipinski definition) is 7. The Balaban J connectivity index is 1.64. The van der Waals surface area contributed by atoms with Gasteiger partial charge in [0.1, 0.15) is 12.3 Å². The molecule has 0 saturated heterocycles. The summed E-state index contributed by atoms with van der Waals surface area (Å²) in [6, 6.07) is 14.7. The molecule has 2 rings (SSSR count). The molecule has 9 heteroatoms. The van der Waals surface area contributed by atoms with Gasteiger partial charge in [0.15, 0.2) is 13.2 Å². The molecule has 0 fully saturated rings. The molecule has 9 nitrogen and oxygen atoms in total. The number of ether oxygens (including phenoxy) is 3. The first-order valence-corrected chi connectivity index (χ1v) is 8.56. The number of carbonyl (C=O) groups excluding carboxylic acids is 4. The Morgan fingerprint density at radius 1 is 0.862 bits per heavy atom. The van der Waals surface area contributed by atoms with Gasteiger partial charge in [-0.15, -0.1) is 0 Å². The average Bonchev–Trinajstić information content (AvgIpc) is 2.75. The van der Waals surface area contributed by atoms with Crippen molar-refractivity contribution in [3.8, 4) is 5.75 Å². The van der Waals surface area contributed by atoms with Crippen LogP contribution < -0.4 is 15.4 Å². The fourth-order valence-corrected chi connectivity index (χ4v) is 2.09. The Bertz CT molecular complexity index is 851. The zero-order valence-corrected chi connectivity index (χ0v) is 15.7. The van der Waals surface area contributed by atoms with E-state index in [1.807, 2.05) is 6.07 Å². The van der Waals surface area contributed by atoms with E-state index in [0.29, 0.717) is 17.0 Å². The van der Waals surface area contributed by atoms with E-state index in [1.54, 1.807) is 24.3 Å². The smallest absolute Gasteiger partial charge is 0.337 e.